The highest BCUT2D eigenvalue weighted by Crippen LogP contribution is 2.64. The van der Waals surface area contributed by atoms with Crippen LogP contribution in [0, 0.1) is 5.92 Å². The molecular formula is C32H58N6O7S. The van der Waals surface area contributed by atoms with E-state index in [0.29, 0.717) is 70.2 Å². The predicted octanol–water partition coefficient (Wildman–Crippen LogP) is 1.30. The number of rotatable bonds is 25. The van der Waals surface area contributed by atoms with Gasteiger partial charge < -0.3 is 41.5 Å². The third-order valence-corrected chi connectivity index (χ3v) is 11.2. The molecule has 0 aromatic rings. The Hall–Kier alpha value is -2.13. The number of likely N-dealkylation sites (N-methyl/N-ethyl adjacent to an activating group) is 1. The molecule has 0 aromatic heterocycles. The SMILES string of the molecule is CN1C(=O)NC2C1CSC21CC1CCCC(=O)NCCCCCC(O)NCCCCCC(=O)NCCCNC(=O)CCCC(O)O. The number of carbonyl (C=O) groups is 4. The van der Waals surface area contributed by atoms with Crippen LogP contribution < -0.4 is 26.6 Å². The minimum atomic E-state index is -1.38. The van der Waals surface area contributed by atoms with Gasteiger partial charge in [0.2, 0.25) is 17.7 Å². The van der Waals surface area contributed by atoms with Gasteiger partial charge >= 0.3 is 6.03 Å². The summed E-state index contributed by atoms with van der Waals surface area (Å²) >= 11 is 2.00. The highest BCUT2D eigenvalue weighted by molar-refractivity contribution is 8.01. The van der Waals surface area contributed by atoms with Crippen LogP contribution in [0.5, 0.6) is 0 Å². The average Bonchev–Trinajstić information content (AvgIpc) is 3.48. The molecule has 1 spiro atoms. The van der Waals surface area contributed by atoms with Crippen molar-refractivity contribution >= 4 is 35.5 Å². The third kappa shape index (κ3) is 13.2. The van der Waals surface area contributed by atoms with E-state index in [1.54, 1.807) is 0 Å². The second-order valence-corrected chi connectivity index (χ2v) is 14.5. The van der Waals surface area contributed by atoms with Crippen LogP contribution in [0.15, 0.2) is 0 Å². The van der Waals surface area contributed by atoms with Crippen molar-refractivity contribution < 1.29 is 34.5 Å². The fourth-order valence-electron chi connectivity index (χ4n) is 6.51. The number of amides is 5. The molecule has 1 saturated carbocycles. The lowest BCUT2D eigenvalue weighted by molar-refractivity contribution is -0.122. The molecule has 1 aliphatic carbocycles. The van der Waals surface area contributed by atoms with Gasteiger partial charge in [-0.05, 0) is 83.1 Å². The lowest BCUT2D eigenvalue weighted by Gasteiger charge is -2.18. The van der Waals surface area contributed by atoms with Gasteiger partial charge in [-0.2, -0.15) is 11.8 Å². The normalized spacial score (nSPS) is 23.8. The maximum atomic E-state index is 12.3. The van der Waals surface area contributed by atoms with Crippen molar-refractivity contribution in [3.63, 3.8) is 0 Å². The van der Waals surface area contributed by atoms with Gasteiger partial charge in [-0.3, -0.25) is 19.7 Å². The number of nitrogens with one attached hydrogen (secondary N) is 5. The van der Waals surface area contributed by atoms with E-state index in [1.807, 2.05) is 23.7 Å². The Morgan fingerprint density at radius 3 is 2.13 bits per heavy atom. The van der Waals surface area contributed by atoms with Gasteiger partial charge in [0.15, 0.2) is 6.29 Å². The molecule has 3 rings (SSSR count). The summed E-state index contributed by atoms with van der Waals surface area (Å²) in [5.74, 6) is 1.57. The molecule has 8 N–H and O–H groups in total. The summed E-state index contributed by atoms with van der Waals surface area (Å²) in [7, 11) is 1.88. The zero-order valence-electron chi connectivity index (χ0n) is 27.6. The van der Waals surface area contributed by atoms with Crippen LogP contribution in [0.25, 0.3) is 0 Å². The molecule has 0 radical (unpaired) electrons. The van der Waals surface area contributed by atoms with Crippen molar-refractivity contribution in [2.45, 2.75) is 132 Å². The number of nitrogens with zero attached hydrogens (tertiary/aromatic N) is 1. The molecule has 13 nitrogen and oxygen atoms in total. The van der Waals surface area contributed by atoms with Crippen LogP contribution >= 0.6 is 11.8 Å². The number of carbonyl (C=O) groups excluding carboxylic acids is 4. The summed E-state index contributed by atoms with van der Waals surface area (Å²) < 4.78 is 0.195. The van der Waals surface area contributed by atoms with Gasteiger partial charge in [-0.25, -0.2) is 4.79 Å². The van der Waals surface area contributed by atoms with Crippen molar-refractivity contribution in [3.05, 3.63) is 0 Å². The topological polar surface area (TPSA) is 192 Å². The molecule has 2 aliphatic heterocycles. The molecule has 5 atom stereocenters. The highest BCUT2D eigenvalue weighted by atomic mass is 32.2. The maximum absolute atomic E-state index is 12.3. The van der Waals surface area contributed by atoms with Crippen LogP contribution in [0.3, 0.4) is 0 Å². The Kier molecular flexibility index (Phi) is 16.9. The first-order valence-corrected chi connectivity index (χ1v) is 18.4. The summed E-state index contributed by atoms with van der Waals surface area (Å²) in [6.07, 6.45) is 9.58. The molecule has 2 heterocycles. The molecule has 2 saturated heterocycles. The Morgan fingerprint density at radius 2 is 1.43 bits per heavy atom. The van der Waals surface area contributed by atoms with Gasteiger partial charge in [0, 0.05) is 56.4 Å². The first-order chi connectivity index (χ1) is 22.1. The Labute approximate surface area is 278 Å². The van der Waals surface area contributed by atoms with Crippen LogP contribution in [0.4, 0.5) is 4.79 Å². The Bertz CT molecular complexity index is 975. The number of aliphatic hydroxyl groups excluding tert-OH is 2. The fourth-order valence-corrected chi connectivity index (χ4v) is 8.48. The summed E-state index contributed by atoms with van der Waals surface area (Å²) in [6, 6.07) is 0.607. The van der Waals surface area contributed by atoms with Crippen LogP contribution in [0.1, 0.15) is 103 Å². The van der Waals surface area contributed by atoms with Gasteiger partial charge in [-0.15, -0.1) is 0 Å². The molecule has 5 amide bonds. The van der Waals surface area contributed by atoms with E-state index in [1.165, 1.54) is 0 Å². The van der Waals surface area contributed by atoms with E-state index >= 15 is 0 Å². The van der Waals surface area contributed by atoms with E-state index in [4.69, 9.17) is 10.2 Å². The highest BCUT2D eigenvalue weighted by Gasteiger charge is 2.67. The van der Waals surface area contributed by atoms with Crippen molar-refractivity contribution in [2.24, 2.45) is 5.92 Å². The van der Waals surface area contributed by atoms with Crippen molar-refractivity contribution in [1.82, 2.24) is 31.5 Å². The molecule has 0 aromatic carbocycles. The third-order valence-electron chi connectivity index (χ3n) is 9.38. The number of unbranched alkanes of at least 4 members (excludes halogenated alkanes) is 4. The molecule has 0 bridgehead atoms. The van der Waals surface area contributed by atoms with Crippen molar-refractivity contribution in [2.75, 3.05) is 39.0 Å². The fraction of sp³-hybridized carbons (Fsp3) is 0.875. The lowest BCUT2D eigenvalue weighted by Crippen LogP contribution is -2.39. The van der Waals surface area contributed by atoms with Gasteiger partial charge in [-0.1, -0.05) is 12.8 Å². The van der Waals surface area contributed by atoms with Crippen LogP contribution in [0.2, 0.25) is 0 Å². The summed E-state index contributed by atoms with van der Waals surface area (Å²) in [6.45, 7) is 2.33. The molecule has 264 valence electrons. The maximum Gasteiger partial charge on any atom is 0.317 e. The minimum absolute atomic E-state index is 0.00487. The van der Waals surface area contributed by atoms with Crippen LogP contribution in [-0.4, -0.2) is 112 Å². The number of aliphatic hydroxyl groups is 3. The molecular weight excluding hydrogens is 612 g/mol. The molecule has 3 fully saturated rings. The minimum Gasteiger partial charge on any atom is -0.379 e. The number of hydrogen-bond acceptors (Lipinski definition) is 9. The first-order valence-electron chi connectivity index (χ1n) is 17.4. The Balaban J connectivity index is 1.04. The predicted molar refractivity (Wildman–Crippen MR) is 178 cm³/mol. The van der Waals surface area contributed by atoms with E-state index in [0.717, 1.165) is 63.5 Å². The van der Waals surface area contributed by atoms with Crippen molar-refractivity contribution in [3.8, 4) is 0 Å². The number of fused-ring (bicyclic) bond motifs is 2. The zero-order chi connectivity index (χ0) is 33.4. The number of thioether (sulfide) groups is 1. The smallest absolute Gasteiger partial charge is 0.317 e. The number of urea groups is 1. The molecule has 14 heteroatoms. The van der Waals surface area contributed by atoms with Gasteiger partial charge in [0.25, 0.3) is 0 Å². The Morgan fingerprint density at radius 1 is 0.826 bits per heavy atom. The lowest BCUT2D eigenvalue weighted by atomic mass is 10.0. The van der Waals surface area contributed by atoms with Crippen molar-refractivity contribution in [1.29, 1.82) is 0 Å². The van der Waals surface area contributed by atoms with Gasteiger partial charge in [0.1, 0.15) is 6.23 Å². The number of hydrogen-bond donors (Lipinski definition) is 8. The second kappa shape index (κ2) is 20.3. The summed E-state index contributed by atoms with van der Waals surface area (Å²) in [5, 5.41) is 42.6. The largest absolute Gasteiger partial charge is 0.379 e. The van der Waals surface area contributed by atoms with E-state index in [9.17, 15) is 24.3 Å². The summed E-state index contributed by atoms with van der Waals surface area (Å²) in [5.41, 5.74) is 0. The zero-order valence-corrected chi connectivity index (χ0v) is 28.4. The van der Waals surface area contributed by atoms with E-state index < -0.39 is 12.5 Å². The average molecular weight is 671 g/mol. The van der Waals surface area contributed by atoms with Gasteiger partial charge in [0.05, 0.1) is 12.1 Å². The molecule has 5 unspecified atom stereocenters. The standard InChI is InChI=1S/C32H58N6O7S/c1-38-24-22-46-32(30(24)37-31(38)45)21-23(32)11-8-14-27(41)34-18-7-2-4-12-25(39)33-17-6-3-5-13-26(40)35-19-10-20-36-28(42)15-9-16-29(43)44/h23-25,29-30,33,39,43-44H,2-22H2,1H3,(H,34,41)(H,35,40)(H,36,42)(H,37,45). The quantitative estimate of drug-likeness (QED) is 0.0402. The van der Waals surface area contributed by atoms with E-state index in [2.05, 4.69) is 26.6 Å². The molecule has 46 heavy (non-hydrogen) atoms. The molecule has 3 aliphatic rings. The second-order valence-electron chi connectivity index (χ2n) is 13.1. The monoisotopic (exact) mass is 670 g/mol. The summed E-state index contributed by atoms with van der Waals surface area (Å²) in [4.78, 5) is 49.6. The van der Waals surface area contributed by atoms with Crippen LogP contribution in [-0.2, 0) is 14.4 Å². The first kappa shape index (κ1) is 38.3. The van der Waals surface area contributed by atoms with E-state index in [-0.39, 0.29) is 47.4 Å².